The van der Waals surface area contributed by atoms with Gasteiger partial charge in [0.25, 0.3) is 0 Å². The van der Waals surface area contributed by atoms with Crippen LogP contribution in [-0.2, 0) is 21.7 Å². The van der Waals surface area contributed by atoms with Crippen molar-refractivity contribution in [3.05, 3.63) is 82.7 Å². The third kappa shape index (κ3) is 18.7. The Morgan fingerprint density at radius 1 is 0.562 bits per heavy atom. The van der Waals surface area contributed by atoms with Crippen molar-refractivity contribution in [1.82, 2.24) is 0 Å². The molecule has 0 bridgehead atoms. The van der Waals surface area contributed by atoms with Crippen LogP contribution in [-0.4, -0.2) is 0 Å². The molecule has 0 unspecified atom stereocenters. The summed E-state index contributed by atoms with van der Waals surface area (Å²) in [5.74, 6) is 4.64. The Labute approximate surface area is 116 Å². The van der Waals surface area contributed by atoms with E-state index in [0.29, 0.717) is 0 Å². The van der Waals surface area contributed by atoms with Crippen LogP contribution in [0.15, 0.2) is 48.6 Å². The van der Waals surface area contributed by atoms with Crippen molar-refractivity contribution < 1.29 is 21.7 Å². The Bertz CT molecular complexity index is 234. The molecule has 0 saturated carbocycles. The average molecular weight is 245 g/mol. The molecule has 0 N–H and O–H groups in total. The number of rotatable bonds is 0. The summed E-state index contributed by atoms with van der Waals surface area (Å²) in [6.45, 7) is 6.36. The van der Waals surface area contributed by atoms with Gasteiger partial charge < -0.3 is 33.1 Å². The molecule has 0 aromatic rings. The van der Waals surface area contributed by atoms with E-state index in [0.717, 1.165) is 0 Å². The number of hydrogen-bond donors (Lipinski definition) is 0. The van der Waals surface area contributed by atoms with Crippen LogP contribution in [0.3, 0.4) is 0 Å². The van der Waals surface area contributed by atoms with Gasteiger partial charge in [-0.15, -0.1) is 0 Å². The Hall–Kier alpha value is -1.03. The van der Waals surface area contributed by atoms with Gasteiger partial charge in [0.15, 0.2) is 0 Å². The van der Waals surface area contributed by atoms with E-state index in [2.05, 4.69) is 25.7 Å². The second kappa shape index (κ2) is 19.5. The molecule has 16 heavy (non-hydrogen) atoms. The molecular weight excluding hydrogens is 228 g/mol. The van der Waals surface area contributed by atoms with Crippen molar-refractivity contribution in [2.45, 2.75) is 0 Å². The third-order valence-electron chi connectivity index (χ3n) is 1.24. The van der Waals surface area contributed by atoms with Crippen LogP contribution in [0.25, 0.3) is 0 Å². The van der Waals surface area contributed by atoms with Gasteiger partial charge in [0.05, 0.1) is 0 Å². The summed E-state index contributed by atoms with van der Waals surface area (Å²) in [5.41, 5.74) is 0. The van der Waals surface area contributed by atoms with Crippen LogP contribution >= 0.6 is 0 Å². The SMILES string of the molecule is [CH2-]C#C[CH2-].[CH3-].[CH]1C=CC=C1.[CH]1C=CC=C1.[Ti+3]. The predicted octanol–water partition coefficient (Wildman–Crippen LogP) is 3.74. The number of hydrogen-bond acceptors (Lipinski definition) is 0. The molecule has 2 aliphatic carbocycles. The van der Waals surface area contributed by atoms with E-state index < -0.39 is 0 Å². The Kier molecular flexibility index (Phi) is 24.9. The zero-order valence-electron chi connectivity index (χ0n) is 9.69. The number of allylic oxidation sites excluding steroid dienone is 8. The minimum Gasteiger partial charge on any atom is -0.525 e. The van der Waals surface area contributed by atoms with Gasteiger partial charge in [-0.05, 0) is 0 Å². The molecule has 0 nitrogen and oxygen atoms in total. The first kappa shape index (κ1) is 20.4. The van der Waals surface area contributed by atoms with Crippen LogP contribution in [0.2, 0.25) is 0 Å². The maximum Gasteiger partial charge on any atom is 3.00 e. The Morgan fingerprint density at radius 3 is 0.875 bits per heavy atom. The standard InChI is InChI=1S/2C5H5.C4H4.CH3.Ti/c2*1-2-4-5-3-1;1-3-4-2;;/h2*1-5H;1-2H2;1H3;/q;;-2;-1;+3. The molecule has 0 saturated heterocycles. The van der Waals surface area contributed by atoms with Gasteiger partial charge in [-0.1, -0.05) is 48.6 Å². The Morgan fingerprint density at radius 2 is 0.812 bits per heavy atom. The molecule has 0 aromatic carbocycles. The van der Waals surface area contributed by atoms with Gasteiger partial charge >= 0.3 is 21.7 Å². The normalized spacial score (nSPS) is 11.8. The van der Waals surface area contributed by atoms with E-state index in [-0.39, 0.29) is 29.1 Å². The van der Waals surface area contributed by atoms with Crippen LogP contribution < -0.4 is 0 Å². The third-order valence-corrected chi connectivity index (χ3v) is 1.24. The van der Waals surface area contributed by atoms with Crippen molar-refractivity contribution in [3.8, 4) is 11.8 Å². The zero-order chi connectivity index (χ0) is 10.5. The average Bonchev–Trinajstić information content (AvgIpc) is 2.94. The molecule has 1 heteroatoms. The van der Waals surface area contributed by atoms with E-state index in [9.17, 15) is 0 Å². The van der Waals surface area contributed by atoms with E-state index in [1.807, 2.05) is 61.4 Å². The maximum atomic E-state index is 3.18. The molecular formula is C15H17Ti. The molecule has 3 radical (unpaired) electrons. The van der Waals surface area contributed by atoms with Crippen LogP contribution in [0.4, 0.5) is 0 Å². The van der Waals surface area contributed by atoms with Crippen molar-refractivity contribution in [1.29, 1.82) is 0 Å². The zero-order valence-corrected chi connectivity index (χ0v) is 11.2. The first-order valence-electron chi connectivity index (χ1n) is 4.29. The smallest absolute Gasteiger partial charge is 0.525 e. The van der Waals surface area contributed by atoms with Crippen LogP contribution in [0.1, 0.15) is 0 Å². The fourth-order valence-electron chi connectivity index (χ4n) is 0.642. The van der Waals surface area contributed by atoms with E-state index >= 15 is 0 Å². The summed E-state index contributed by atoms with van der Waals surface area (Å²) in [4.78, 5) is 0. The summed E-state index contributed by atoms with van der Waals surface area (Å²) in [6.07, 6.45) is 20.0. The van der Waals surface area contributed by atoms with Crippen LogP contribution in [0, 0.1) is 46.0 Å². The first-order valence-corrected chi connectivity index (χ1v) is 4.29. The quantitative estimate of drug-likeness (QED) is 0.346. The minimum absolute atomic E-state index is 0. The van der Waals surface area contributed by atoms with Gasteiger partial charge in [0, 0.05) is 12.8 Å². The fraction of sp³-hybridized carbons (Fsp3) is 0. The van der Waals surface area contributed by atoms with Gasteiger partial charge in [0.2, 0.25) is 0 Å². The molecule has 0 aliphatic heterocycles. The topological polar surface area (TPSA) is 0 Å². The molecule has 0 fully saturated rings. The minimum atomic E-state index is 0. The second-order valence-electron chi connectivity index (χ2n) is 2.28. The Balaban J connectivity index is -0.000000151. The molecule has 0 atom stereocenters. The monoisotopic (exact) mass is 245 g/mol. The van der Waals surface area contributed by atoms with Gasteiger partial charge in [0.1, 0.15) is 0 Å². The molecule has 0 aromatic heterocycles. The van der Waals surface area contributed by atoms with Crippen molar-refractivity contribution in [2.24, 2.45) is 0 Å². The first-order chi connectivity index (χ1) is 6.91. The summed E-state index contributed by atoms with van der Waals surface area (Å²) in [6, 6.07) is 0. The summed E-state index contributed by atoms with van der Waals surface area (Å²) in [7, 11) is 0. The molecule has 0 spiro atoms. The summed E-state index contributed by atoms with van der Waals surface area (Å²) < 4.78 is 0. The molecule has 0 amide bonds. The largest absolute Gasteiger partial charge is 3.00 e. The molecule has 81 valence electrons. The predicted molar refractivity (Wildman–Crippen MR) is 70.1 cm³/mol. The fourth-order valence-corrected chi connectivity index (χ4v) is 0.642. The van der Waals surface area contributed by atoms with E-state index in [1.165, 1.54) is 0 Å². The van der Waals surface area contributed by atoms with Crippen molar-refractivity contribution in [3.63, 3.8) is 0 Å². The second-order valence-corrected chi connectivity index (χ2v) is 2.28. The maximum absolute atomic E-state index is 3.18. The van der Waals surface area contributed by atoms with Gasteiger partial charge in [-0.25, -0.2) is 0 Å². The molecule has 0 heterocycles. The van der Waals surface area contributed by atoms with Crippen molar-refractivity contribution in [2.75, 3.05) is 0 Å². The summed E-state index contributed by atoms with van der Waals surface area (Å²) >= 11 is 0. The van der Waals surface area contributed by atoms with Crippen LogP contribution in [0.5, 0.6) is 0 Å². The van der Waals surface area contributed by atoms with Gasteiger partial charge in [-0.3, -0.25) is 0 Å². The van der Waals surface area contributed by atoms with E-state index in [4.69, 9.17) is 0 Å². The van der Waals surface area contributed by atoms with Gasteiger partial charge in [-0.2, -0.15) is 0 Å². The molecule has 2 aliphatic rings. The van der Waals surface area contributed by atoms with E-state index in [1.54, 1.807) is 0 Å². The molecule has 2 rings (SSSR count). The van der Waals surface area contributed by atoms with Crippen molar-refractivity contribution >= 4 is 0 Å². The summed E-state index contributed by atoms with van der Waals surface area (Å²) in [5, 5.41) is 0.